The number of hydrogen-bond acceptors (Lipinski definition) is 2. The van der Waals surface area contributed by atoms with Crippen molar-refractivity contribution < 1.29 is 9.21 Å². The number of unbranched alkanes of at least 4 members (excludes halogenated alkanes) is 2. The predicted molar refractivity (Wildman–Crippen MR) is 76.5 cm³/mol. The summed E-state index contributed by atoms with van der Waals surface area (Å²) in [4.78, 5) is 12.5. The Hall–Kier alpha value is -1.83. The molecule has 0 fully saturated rings. The van der Waals surface area contributed by atoms with Crippen LogP contribution in [0.4, 0.5) is 0 Å². The van der Waals surface area contributed by atoms with Gasteiger partial charge in [0, 0.05) is 12.0 Å². The van der Waals surface area contributed by atoms with Crippen LogP contribution in [0.2, 0.25) is 0 Å². The molecule has 0 unspecified atom stereocenters. The number of carbonyl (C=O) groups is 1. The summed E-state index contributed by atoms with van der Waals surface area (Å²) in [5.41, 5.74) is 1.44. The van der Waals surface area contributed by atoms with E-state index in [1.54, 1.807) is 0 Å². The Morgan fingerprint density at radius 2 is 1.89 bits per heavy atom. The zero-order valence-corrected chi connectivity index (χ0v) is 11.6. The molecule has 100 valence electrons. The second-order valence-electron chi connectivity index (χ2n) is 4.85. The monoisotopic (exact) mass is 256 g/mol. The van der Waals surface area contributed by atoms with Crippen molar-refractivity contribution in [3.8, 4) is 0 Å². The predicted octanol–water partition coefficient (Wildman–Crippen LogP) is 4.55. The smallest absolute Gasteiger partial charge is 0.196 e. The van der Waals surface area contributed by atoms with E-state index in [2.05, 4.69) is 6.92 Å². The van der Waals surface area contributed by atoms with Crippen LogP contribution in [0.1, 0.15) is 53.6 Å². The van der Waals surface area contributed by atoms with Gasteiger partial charge in [-0.3, -0.25) is 4.79 Å². The third-order valence-corrected chi connectivity index (χ3v) is 3.22. The molecule has 2 aromatic rings. The quantitative estimate of drug-likeness (QED) is 0.560. The SMILES string of the molecule is CCCCCc1oc(C)cc1C(=O)c1ccccc1. The first-order valence-electron chi connectivity index (χ1n) is 6.91. The van der Waals surface area contributed by atoms with Gasteiger partial charge in [-0.1, -0.05) is 50.1 Å². The van der Waals surface area contributed by atoms with Gasteiger partial charge in [0.25, 0.3) is 0 Å². The molecule has 1 aromatic heterocycles. The fraction of sp³-hybridized carbons (Fsp3) is 0.353. The van der Waals surface area contributed by atoms with E-state index >= 15 is 0 Å². The van der Waals surface area contributed by atoms with Gasteiger partial charge in [0.1, 0.15) is 11.5 Å². The van der Waals surface area contributed by atoms with E-state index in [9.17, 15) is 4.79 Å². The van der Waals surface area contributed by atoms with Crippen LogP contribution in [-0.2, 0) is 6.42 Å². The average Bonchev–Trinajstić information content (AvgIpc) is 2.80. The first-order valence-corrected chi connectivity index (χ1v) is 6.91. The topological polar surface area (TPSA) is 30.2 Å². The lowest BCUT2D eigenvalue weighted by molar-refractivity contribution is 0.103. The summed E-state index contributed by atoms with van der Waals surface area (Å²) < 4.78 is 5.68. The standard InChI is InChI=1S/C17H20O2/c1-3-4-6-11-16-15(12-13(2)19-16)17(18)14-9-7-5-8-10-14/h5,7-10,12H,3-4,6,11H2,1-2H3. The van der Waals surface area contributed by atoms with Crippen LogP contribution in [0.15, 0.2) is 40.8 Å². The van der Waals surface area contributed by atoms with Crippen molar-refractivity contribution in [1.82, 2.24) is 0 Å². The number of aryl methyl sites for hydroxylation is 2. The van der Waals surface area contributed by atoms with Crippen molar-refractivity contribution in [2.24, 2.45) is 0 Å². The Bertz CT molecular complexity index is 538. The first-order chi connectivity index (χ1) is 9.22. The maximum Gasteiger partial charge on any atom is 0.196 e. The van der Waals surface area contributed by atoms with Gasteiger partial charge < -0.3 is 4.42 Å². The molecule has 0 amide bonds. The zero-order valence-electron chi connectivity index (χ0n) is 11.6. The molecular weight excluding hydrogens is 236 g/mol. The van der Waals surface area contributed by atoms with Crippen molar-refractivity contribution in [2.45, 2.75) is 39.5 Å². The summed E-state index contributed by atoms with van der Waals surface area (Å²) in [5.74, 6) is 1.70. The number of carbonyl (C=O) groups excluding carboxylic acids is 1. The summed E-state index contributed by atoms with van der Waals surface area (Å²) in [6.45, 7) is 4.06. The fourth-order valence-corrected chi connectivity index (χ4v) is 2.22. The van der Waals surface area contributed by atoms with E-state index < -0.39 is 0 Å². The van der Waals surface area contributed by atoms with Gasteiger partial charge in [0.2, 0.25) is 0 Å². The van der Waals surface area contributed by atoms with Gasteiger partial charge in [-0.15, -0.1) is 0 Å². The largest absolute Gasteiger partial charge is 0.466 e. The first kappa shape index (κ1) is 13.6. The van der Waals surface area contributed by atoms with Crippen LogP contribution in [-0.4, -0.2) is 5.78 Å². The summed E-state index contributed by atoms with van der Waals surface area (Å²) in [5, 5.41) is 0. The van der Waals surface area contributed by atoms with E-state index in [1.807, 2.05) is 43.3 Å². The van der Waals surface area contributed by atoms with Crippen LogP contribution in [0, 0.1) is 6.92 Å². The Balaban J connectivity index is 2.21. The van der Waals surface area contributed by atoms with Crippen LogP contribution in [0.25, 0.3) is 0 Å². The van der Waals surface area contributed by atoms with E-state index in [0.29, 0.717) is 0 Å². The number of furan rings is 1. The molecule has 0 aliphatic carbocycles. The van der Waals surface area contributed by atoms with Crippen LogP contribution in [0.5, 0.6) is 0 Å². The Kier molecular flexibility index (Phi) is 4.56. The molecule has 1 aromatic carbocycles. The summed E-state index contributed by atoms with van der Waals surface area (Å²) >= 11 is 0. The number of hydrogen-bond donors (Lipinski definition) is 0. The van der Waals surface area contributed by atoms with Gasteiger partial charge >= 0.3 is 0 Å². The van der Waals surface area contributed by atoms with Gasteiger partial charge in [0.15, 0.2) is 5.78 Å². The molecular formula is C17H20O2. The molecule has 19 heavy (non-hydrogen) atoms. The van der Waals surface area contributed by atoms with Gasteiger partial charge in [-0.25, -0.2) is 0 Å². The second-order valence-corrected chi connectivity index (χ2v) is 4.85. The number of benzene rings is 1. The molecule has 0 atom stereocenters. The van der Waals surface area contributed by atoms with Crippen LogP contribution in [0.3, 0.4) is 0 Å². The van der Waals surface area contributed by atoms with Gasteiger partial charge in [-0.05, 0) is 19.4 Å². The van der Waals surface area contributed by atoms with Crippen molar-refractivity contribution in [3.05, 3.63) is 59.0 Å². The van der Waals surface area contributed by atoms with Crippen molar-refractivity contribution in [3.63, 3.8) is 0 Å². The highest BCUT2D eigenvalue weighted by Gasteiger charge is 2.17. The van der Waals surface area contributed by atoms with Crippen molar-refractivity contribution in [1.29, 1.82) is 0 Å². The lowest BCUT2D eigenvalue weighted by Gasteiger charge is -2.02. The van der Waals surface area contributed by atoms with Crippen LogP contribution >= 0.6 is 0 Å². The van der Waals surface area contributed by atoms with E-state index in [1.165, 1.54) is 12.8 Å². The molecule has 0 spiro atoms. The maximum absolute atomic E-state index is 12.5. The average molecular weight is 256 g/mol. The molecule has 0 saturated heterocycles. The molecule has 1 heterocycles. The Morgan fingerprint density at radius 1 is 1.16 bits per heavy atom. The lowest BCUT2D eigenvalue weighted by atomic mass is 10.0. The molecule has 2 rings (SSSR count). The van der Waals surface area contributed by atoms with E-state index in [-0.39, 0.29) is 5.78 Å². The third-order valence-electron chi connectivity index (χ3n) is 3.22. The van der Waals surface area contributed by atoms with E-state index in [4.69, 9.17) is 4.42 Å². The highest BCUT2D eigenvalue weighted by molar-refractivity contribution is 6.09. The molecule has 0 bridgehead atoms. The zero-order chi connectivity index (χ0) is 13.7. The van der Waals surface area contributed by atoms with Gasteiger partial charge in [-0.2, -0.15) is 0 Å². The lowest BCUT2D eigenvalue weighted by Crippen LogP contribution is -2.03. The molecule has 0 N–H and O–H groups in total. The summed E-state index contributed by atoms with van der Waals surface area (Å²) in [6.07, 6.45) is 4.24. The summed E-state index contributed by atoms with van der Waals surface area (Å²) in [6, 6.07) is 11.2. The highest BCUT2D eigenvalue weighted by Crippen LogP contribution is 2.21. The number of ketones is 1. The Morgan fingerprint density at radius 3 is 2.58 bits per heavy atom. The molecule has 0 aliphatic heterocycles. The normalized spacial score (nSPS) is 10.6. The molecule has 2 heteroatoms. The number of rotatable bonds is 6. The van der Waals surface area contributed by atoms with E-state index in [0.717, 1.165) is 35.5 Å². The third kappa shape index (κ3) is 3.34. The molecule has 0 aliphatic rings. The highest BCUT2D eigenvalue weighted by atomic mass is 16.3. The van der Waals surface area contributed by atoms with Gasteiger partial charge in [0.05, 0.1) is 5.56 Å². The minimum atomic E-state index is 0.0592. The molecule has 2 nitrogen and oxygen atoms in total. The minimum Gasteiger partial charge on any atom is -0.466 e. The molecule has 0 saturated carbocycles. The Labute approximate surface area is 114 Å². The van der Waals surface area contributed by atoms with Crippen molar-refractivity contribution >= 4 is 5.78 Å². The fourth-order valence-electron chi connectivity index (χ4n) is 2.22. The summed E-state index contributed by atoms with van der Waals surface area (Å²) in [7, 11) is 0. The van der Waals surface area contributed by atoms with Crippen molar-refractivity contribution in [2.75, 3.05) is 0 Å². The minimum absolute atomic E-state index is 0.0592. The molecule has 0 radical (unpaired) electrons. The second kappa shape index (κ2) is 6.37. The van der Waals surface area contributed by atoms with Crippen LogP contribution < -0.4 is 0 Å². The maximum atomic E-state index is 12.5.